The van der Waals surface area contributed by atoms with E-state index < -0.39 is 24.2 Å². The minimum atomic E-state index is -0.946. The molecule has 2 aliphatic heterocycles. The van der Waals surface area contributed by atoms with Crippen LogP contribution in [0.25, 0.3) is 0 Å². The molecule has 3 heterocycles. The van der Waals surface area contributed by atoms with Gasteiger partial charge in [-0.05, 0) is 61.9 Å². The smallest absolute Gasteiger partial charge is 0.307 e. The van der Waals surface area contributed by atoms with Gasteiger partial charge >= 0.3 is 5.97 Å². The highest BCUT2D eigenvalue weighted by Gasteiger charge is 2.37. The second-order valence-corrected chi connectivity index (χ2v) is 9.28. The molecule has 0 saturated carbocycles. The van der Waals surface area contributed by atoms with E-state index in [9.17, 15) is 19.6 Å². The van der Waals surface area contributed by atoms with Crippen LogP contribution in [0.5, 0.6) is 5.75 Å². The summed E-state index contributed by atoms with van der Waals surface area (Å²) in [6.45, 7) is 4.53. The van der Waals surface area contributed by atoms with Gasteiger partial charge in [0.25, 0.3) is 0 Å². The molecule has 0 aliphatic carbocycles. The molecule has 2 aliphatic rings. The third-order valence-corrected chi connectivity index (χ3v) is 6.97. The van der Waals surface area contributed by atoms with Crippen molar-refractivity contribution in [1.82, 2.24) is 14.8 Å². The molecule has 1 aromatic heterocycles. The van der Waals surface area contributed by atoms with E-state index in [0.29, 0.717) is 43.6 Å². The standard InChI is InChI=1S/C27H34FN5O4/c1-3-37-25(34)16-23(18-8-9-24(36-2)21(28)15-18)33-13-12-32(27(33)35)11-5-7-22-20(17-29)14-19-6-4-10-30-26(19)31-22/h8-9,14-15,23,27,35H,3-7,10-13,16H2,1-2H3,(H,30,31)/t23-,27?/m0/s1. The minimum Gasteiger partial charge on any atom is -0.494 e. The number of aryl methyl sites for hydroxylation is 2. The lowest BCUT2D eigenvalue weighted by Gasteiger charge is -2.32. The molecule has 37 heavy (non-hydrogen) atoms. The van der Waals surface area contributed by atoms with Gasteiger partial charge in [0.1, 0.15) is 11.9 Å². The molecule has 1 aromatic carbocycles. The van der Waals surface area contributed by atoms with E-state index in [1.54, 1.807) is 17.9 Å². The molecule has 1 fully saturated rings. The normalized spacial score (nSPS) is 18.5. The Morgan fingerprint density at radius 1 is 1.38 bits per heavy atom. The fourth-order valence-corrected chi connectivity index (χ4v) is 5.08. The van der Waals surface area contributed by atoms with Crippen LogP contribution in [-0.2, 0) is 22.4 Å². The number of nitrogens with zero attached hydrogens (tertiary/aromatic N) is 4. The second-order valence-electron chi connectivity index (χ2n) is 9.28. The van der Waals surface area contributed by atoms with E-state index >= 15 is 0 Å². The number of fused-ring (bicyclic) bond motifs is 1. The summed E-state index contributed by atoms with van der Waals surface area (Å²) < 4.78 is 24.7. The lowest BCUT2D eigenvalue weighted by molar-refractivity contribution is -0.146. The number of nitriles is 1. The summed E-state index contributed by atoms with van der Waals surface area (Å²) >= 11 is 0. The van der Waals surface area contributed by atoms with Crippen LogP contribution < -0.4 is 10.1 Å². The van der Waals surface area contributed by atoms with Crippen molar-refractivity contribution >= 4 is 11.8 Å². The number of ether oxygens (including phenoxy) is 2. The number of carbonyl (C=O) groups excluding carboxylic acids is 1. The van der Waals surface area contributed by atoms with Crippen LogP contribution in [0, 0.1) is 17.1 Å². The largest absolute Gasteiger partial charge is 0.494 e. The maximum Gasteiger partial charge on any atom is 0.307 e. The predicted octanol–water partition coefficient (Wildman–Crippen LogP) is 2.98. The molecule has 2 aromatic rings. The molecule has 0 radical (unpaired) electrons. The summed E-state index contributed by atoms with van der Waals surface area (Å²) in [5.41, 5.74) is 3.01. The SMILES string of the molecule is CCOC(=O)C[C@@H](c1ccc(OC)c(F)c1)N1CCN(CCCc2nc3c(cc2C#N)CCCN3)C1O. The Balaban J connectivity index is 1.43. The van der Waals surface area contributed by atoms with Gasteiger partial charge in [0, 0.05) is 32.2 Å². The fraction of sp³-hybridized carbons (Fsp3) is 0.519. The van der Waals surface area contributed by atoms with Crippen molar-refractivity contribution < 1.29 is 23.8 Å². The first-order valence-corrected chi connectivity index (χ1v) is 12.8. The number of aliphatic hydroxyl groups excluding tert-OH is 1. The molecule has 2 N–H and O–H groups in total. The molecule has 198 valence electrons. The zero-order valence-electron chi connectivity index (χ0n) is 21.4. The lowest BCUT2D eigenvalue weighted by Crippen LogP contribution is -2.41. The van der Waals surface area contributed by atoms with Crippen LogP contribution >= 0.6 is 0 Å². The first-order chi connectivity index (χ1) is 17.9. The van der Waals surface area contributed by atoms with Crippen LogP contribution in [0.2, 0.25) is 0 Å². The zero-order valence-corrected chi connectivity index (χ0v) is 21.4. The number of rotatable bonds is 10. The van der Waals surface area contributed by atoms with Crippen molar-refractivity contribution in [3.63, 3.8) is 0 Å². The Kier molecular flexibility index (Phi) is 8.92. The van der Waals surface area contributed by atoms with Crippen molar-refractivity contribution in [2.24, 2.45) is 0 Å². The lowest BCUT2D eigenvalue weighted by atomic mass is 10.0. The van der Waals surface area contributed by atoms with Gasteiger partial charge < -0.3 is 19.9 Å². The summed E-state index contributed by atoms with van der Waals surface area (Å²) in [4.78, 5) is 20.8. The predicted molar refractivity (Wildman–Crippen MR) is 135 cm³/mol. The number of hydrogen-bond acceptors (Lipinski definition) is 9. The summed E-state index contributed by atoms with van der Waals surface area (Å²) in [6.07, 6.45) is 2.30. The van der Waals surface area contributed by atoms with E-state index in [-0.39, 0.29) is 18.8 Å². The van der Waals surface area contributed by atoms with Gasteiger partial charge in [-0.1, -0.05) is 6.07 Å². The monoisotopic (exact) mass is 511 g/mol. The molecule has 1 unspecified atom stereocenters. The number of carbonyl (C=O) groups is 1. The third kappa shape index (κ3) is 6.18. The summed E-state index contributed by atoms with van der Waals surface area (Å²) in [7, 11) is 1.39. The topological polar surface area (TPSA) is 111 Å². The van der Waals surface area contributed by atoms with Gasteiger partial charge in [0.2, 0.25) is 0 Å². The van der Waals surface area contributed by atoms with Gasteiger partial charge in [-0.25, -0.2) is 9.37 Å². The number of hydrogen-bond donors (Lipinski definition) is 2. The van der Waals surface area contributed by atoms with Crippen molar-refractivity contribution in [3.05, 3.63) is 52.5 Å². The number of benzene rings is 1. The number of methoxy groups -OCH3 is 1. The van der Waals surface area contributed by atoms with Gasteiger partial charge in [0.15, 0.2) is 17.9 Å². The Morgan fingerprint density at radius 2 is 2.22 bits per heavy atom. The van der Waals surface area contributed by atoms with Gasteiger partial charge in [-0.2, -0.15) is 5.26 Å². The first kappa shape index (κ1) is 26.8. The van der Waals surface area contributed by atoms with Gasteiger partial charge in [-0.15, -0.1) is 0 Å². The van der Waals surface area contributed by atoms with Gasteiger partial charge in [0.05, 0.1) is 31.4 Å². The Hall–Kier alpha value is -3.26. The van der Waals surface area contributed by atoms with Crippen LogP contribution in [-0.4, -0.2) is 72.1 Å². The quantitative estimate of drug-likeness (QED) is 0.465. The highest BCUT2D eigenvalue weighted by atomic mass is 19.1. The van der Waals surface area contributed by atoms with Crippen molar-refractivity contribution in [1.29, 1.82) is 5.26 Å². The summed E-state index contributed by atoms with van der Waals surface area (Å²) in [5, 5.41) is 24.1. The Labute approximate surface area is 216 Å². The molecule has 0 bridgehead atoms. The number of nitrogens with one attached hydrogen (secondary N) is 1. The minimum absolute atomic E-state index is 0.0118. The molecule has 0 spiro atoms. The van der Waals surface area contributed by atoms with Crippen molar-refractivity contribution in [3.8, 4) is 11.8 Å². The van der Waals surface area contributed by atoms with Crippen LogP contribution in [0.4, 0.5) is 10.2 Å². The number of aliphatic hydroxyl groups is 1. The summed E-state index contributed by atoms with van der Waals surface area (Å²) in [5.74, 6) is 0.0383. The maximum atomic E-state index is 14.5. The molecule has 4 rings (SSSR count). The molecular formula is C27H34FN5O4. The molecular weight excluding hydrogens is 477 g/mol. The number of aromatic nitrogens is 1. The molecule has 10 heteroatoms. The van der Waals surface area contributed by atoms with Gasteiger partial charge in [-0.3, -0.25) is 14.6 Å². The van der Waals surface area contributed by atoms with E-state index in [4.69, 9.17) is 14.5 Å². The first-order valence-electron chi connectivity index (χ1n) is 12.8. The van der Waals surface area contributed by atoms with Crippen LogP contribution in [0.1, 0.15) is 54.6 Å². The fourth-order valence-electron chi connectivity index (χ4n) is 5.08. The van der Waals surface area contributed by atoms with E-state index in [0.717, 1.165) is 36.5 Å². The zero-order chi connectivity index (χ0) is 26.4. The third-order valence-electron chi connectivity index (χ3n) is 6.97. The van der Waals surface area contributed by atoms with Crippen molar-refractivity contribution in [2.45, 2.75) is 51.4 Å². The average Bonchev–Trinajstić information content (AvgIpc) is 3.26. The highest BCUT2D eigenvalue weighted by molar-refractivity contribution is 5.70. The number of pyridine rings is 1. The second kappa shape index (κ2) is 12.3. The van der Waals surface area contributed by atoms with Crippen LogP contribution in [0.15, 0.2) is 24.3 Å². The number of halogens is 1. The molecule has 2 atom stereocenters. The van der Waals surface area contributed by atoms with Crippen LogP contribution in [0.3, 0.4) is 0 Å². The molecule has 9 nitrogen and oxygen atoms in total. The molecule has 0 amide bonds. The average molecular weight is 512 g/mol. The number of anilines is 1. The maximum absolute atomic E-state index is 14.5. The summed E-state index contributed by atoms with van der Waals surface area (Å²) in [6, 6.07) is 8.22. The van der Waals surface area contributed by atoms with E-state index in [2.05, 4.69) is 11.4 Å². The van der Waals surface area contributed by atoms with E-state index in [1.807, 2.05) is 11.0 Å². The van der Waals surface area contributed by atoms with Crippen molar-refractivity contribution in [2.75, 3.05) is 45.2 Å². The Morgan fingerprint density at radius 3 is 2.95 bits per heavy atom. The highest BCUT2D eigenvalue weighted by Crippen LogP contribution is 2.32. The Bertz CT molecular complexity index is 1150. The van der Waals surface area contributed by atoms with E-state index in [1.165, 1.54) is 19.2 Å². The molecule has 1 saturated heterocycles. The number of esters is 1.